The summed E-state index contributed by atoms with van der Waals surface area (Å²) in [5.74, 6) is 0. The van der Waals surface area contributed by atoms with Gasteiger partial charge < -0.3 is 0 Å². The minimum Gasteiger partial charge on any atom is -0.282 e. The van der Waals surface area contributed by atoms with Crippen molar-refractivity contribution in [2.45, 2.75) is 4.90 Å². The lowest BCUT2D eigenvalue weighted by molar-refractivity contribution is 0.483. The molecule has 78 valence electrons. The van der Waals surface area contributed by atoms with Crippen LogP contribution < -0.4 is 0 Å². The van der Waals surface area contributed by atoms with Crippen molar-refractivity contribution in [2.24, 2.45) is 0 Å². The fourth-order valence-corrected chi connectivity index (χ4v) is 2.39. The van der Waals surface area contributed by atoms with E-state index in [9.17, 15) is 8.42 Å². The first-order valence-corrected chi connectivity index (χ1v) is 6.65. The second-order valence-corrected chi connectivity index (χ2v) is 5.80. The van der Waals surface area contributed by atoms with Crippen LogP contribution in [0.2, 0.25) is 0 Å². The second-order valence-electron chi connectivity index (χ2n) is 3.13. The quantitative estimate of drug-likeness (QED) is 0.644. The Kier molecular flexibility index (Phi) is 2.70. The molecule has 0 aromatic heterocycles. The maximum atomic E-state index is 10.9. The van der Waals surface area contributed by atoms with Gasteiger partial charge in [0.2, 0.25) is 0 Å². The molecule has 0 radical (unpaired) electrons. The lowest BCUT2D eigenvalue weighted by atomic mass is 10.1. The highest BCUT2D eigenvalue weighted by Crippen LogP contribution is 2.21. The Morgan fingerprint density at radius 3 is 2.33 bits per heavy atom. The van der Waals surface area contributed by atoms with Gasteiger partial charge in [-0.05, 0) is 57.6 Å². The Labute approximate surface area is 101 Å². The summed E-state index contributed by atoms with van der Waals surface area (Å²) in [4.78, 5) is -0.0722. The molecular weight excluding hydrogens is 327 g/mol. The molecule has 1 N–H and O–H groups in total. The molecule has 0 aliphatic carbocycles. The molecule has 0 aliphatic heterocycles. The van der Waals surface area contributed by atoms with Crippen molar-refractivity contribution < 1.29 is 13.0 Å². The monoisotopic (exact) mass is 334 g/mol. The Morgan fingerprint density at radius 1 is 1.00 bits per heavy atom. The lowest BCUT2D eigenvalue weighted by Gasteiger charge is -2.01. The van der Waals surface area contributed by atoms with Gasteiger partial charge in [-0.25, -0.2) is 0 Å². The summed E-state index contributed by atoms with van der Waals surface area (Å²) >= 11 is 2.15. The minimum absolute atomic E-state index is 0.0722. The van der Waals surface area contributed by atoms with Gasteiger partial charge in [-0.1, -0.05) is 12.1 Å². The largest absolute Gasteiger partial charge is 0.294 e. The molecule has 0 fully saturated rings. The fourth-order valence-electron chi connectivity index (χ4n) is 1.36. The smallest absolute Gasteiger partial charge is 0.282 e. The summed E-state index contributed by atoms with van der Waals surface area (Å²) in [7, 11) is -4.11. The molecule has 2 aromatic carbocycles. The summed E-state index contributed by atoms with van der Waals surface area (Å²) in [5.41, 5.74) is 0. The van der Waals surface area contributed by atoms with Crippen LogP contribution in [0.15, 0.2) is 41.3 Å². The molecule has 0 atom stereocenters. The van der Waals surface area contributed by atoms with Crippen molar-refractivity contribution in [3.63, 3.8) is 0 Å². The van der Waals surface area contributed by atoms with Crippen molar-refractivity contribution in [3.8, 4) is 0 Å². The summed E-state index contributed by atoms with van der Waals surface area (Å²) in [6.45, 7) is 0. The van der Waals surface area contributed by atoms with Gasteiger partial charge in [0.15, 0.2) is 0 Å². The predicted octanol–water partition coefficient (Wildman–Crippen LogP) is 2.69. The second kappa shape index (κ2) is 3.73. The third-order valence-electron chi connectivity index (χ3n) is 2.07. The molecule has 0 aliphatic rings. The van der Waals surface area contributed by atoms with Crippen molar-refractivity contribution in [1.29, 1.82) is 0 Å². The normalized spacial score (nSPS) is 11.9. The molecule has 0 saturated carbocycles. The molecule has 0 amide bonds. The third-order valence-corrected chi connectivity index (χ3v) is 3.59. The standard InChI is InChI=1S/C10H7IO3S/c11-9-3-1-7-2-4-10(15(12,13)14)6-8(7)5-9/h1-6H,(H,12,13,14). The van der Waals surface area contributed by atoms with Gasteiger partial charge in [0.05, 0.1) is 4.90 Å². The number of fused-ring (bicyclic) bond motifs is 1. The molecule has 0 bridgehead atoms. The minimum atomic E-state index is -4.11. The van der Waals surface area contributed by atoms with E-state index in [1.54, 1.807) is 6.07 Å². The molecule has 2 aromatic rings. The highest BCUT2D eigenvalue weighted by Gasteiger charge is 2.09. The topological polar surface area (TPSA) is 54.4 Å². The zero-order chi connectivity index (χ0) is 11.1. The van der Waals surface area contributed by atoms with E-state index >= 15 is 0 Å². The van der Waals surface area contributed by atoms with E-state index in [0.717, 1.165) is 14.3 Å². The van der Waals surface area contributed by atoms with E-state index < -0.39 is 10.1 Å². The molecule has 5 heteroatoms. The van der Waals surface area contributed by atoms with Crippen LogP contribution in [0.4, 0.5) is 0 Å². The number of benzene rings is 2. The van der Waals surface area contributed by atoms with Gasteiger partial charge in [-0.3, -0.25) is 4.55 Å². The first-order chi connectivity index (χ1) is 6.97. The highest BCUT2D eigenvalue weighted by molar-refractivity contribution is 14.1. The van der Waals surface area contributed by atoms with Crippen LogP contribution >= 0.6 is 22.6 Å². The van der Waals surface area contributed by atoms with Crippen LogP contribution in [0.1, 0.15) is 0 Å². The van der Waals surface area contributed by atoms with E-state index in [4.69, 9.17) is 4.55 Å². The van der Waals surface area contributed by atoms with Gasteiger partial charge in [0.25, 0.3) is 10.1 Å². The van der Waals surface area contributed by atoms with Crippen molar-refractivity contribution in [1.82, 2.24) is 0 Å². The summed E-state index contributed by atoms with van der Waals surface area (Å²) < 4.78 is 31.7. The number of rotatable bonds is 1. The van der Waals surface area contributed by atoms with Crippen LogP contribution in [-0.4, -0.2) is 13.0 Å². The molecule has 0 unspecified atom stereocenters. The van der Waals surface area contributed by atoms with E-state index in [0.29, 0.717) is 0 Å². The van der Waals surface area contributed by atoms with Crippen molar-refractivity contribution >= 4 is 43.5 Å². The predicted molar refractivity (Wildman–Crippen MR) is 66.5 cm³/mol. The number of halogens is 1. The Bertz CT molecular complexity index is 620. The Hall–Kier alpha value is -0.660. The molecular formula is C10H7IO3S. The molecule has 0 spiro atoms. The lowest BCUT2D eigenvalue weighted by Crippen LogP contribution is -1.97. The first kappa shape index (κ1) is 10.8. The third kappa shape index (κ3) is 2.30. The van der Waals surface area contributed by atoms with Crippen LogP contribution in [0, 0.1) is 3.57 Å². The van der Waals surface area contributed by atoms with Crippen LogP contribution in [0.25, 0.3) is 10.8 Å². The van der Waals surface area contributed by atoms with Crippen LogP contribution in [0.5, 0.6) is 0 Å². The van der Waals surface area contributed by atoms with Crippen molar-refractivity contribution in [3.05, 3.63) is 40.0 Å². The summed E-state index contributed by atoms with van der Waals surface area (Å²) in [6, 6.07) is 10.2. The average Bonchev–Trinajstić information content (AvgIpc) is 2.15. The van der Waals surface area contributed by atoms with E-state index in [-0.39, 0.29) is 4.90 Å². The van der Waals surface area contributed by atoms with Crippen molar-refractivity contribution in [2.75, 3.05) is 0 Å². The molecule has 0 heterocycles. The molecule has 15 heavy (non-hydrogen) atoms. The van der Waals surface area contributed by atoms with Gasteiger partial charge in [-0.2, -0.15) is 8.42 Å². The van der Waals surface area contributed by atoms with Gasteiger partial charge in [0.1, 0.15) is 0 Å². The summed E-state index contributed by atoms with van der Waals surface area (Å²) in [5, 5.41) is 1.75. The van der Waals surface area contributed by atoms with E-state index in [1.165, 1.54) is 12.1 Å². The zero-order valence-corrected chi connectivity index (χ0v) is 10.5. The van der Waals surface area contributed by atoms with Gasteiger partial charge in [-0.15, -0.1) is 0 Å². The summed E-state index contributed by atoms with van der Waals surface area (Å²) in [6.07, 6.45) is 0. The Balaban J connectivity index is 2.75. The number of hydrogen-bond donors (Lipinski definition) is 1. The first-order valence-electron chi connectivity index (χ1n) is 4.14. The van der Waals surface area contributed by atoms with E-state index in [2.05, 4.69) is 22.6 Å². The SMILES string of the molecule is O=S(=O)(O)c1ccc2ccc(I)cc2c1. The fraction of sp³-hybridized carbons (Fsp3) is 0. The average molecular weight is 334 g/mol. The van der Waals surface area contributed by atoms with E-state index in [1.807, 2.05) is 18.2 Å². The molecule has 0 saturated heterocycles. The van der Waals surface area contributed by atoms with Crippen LogP contribution in [-0.2, 0) is 10.1 Å². The number of hydrogen-bond acceptors (Lipinski definition) is 2. The molecule has 2 rings (SSSR count). The highest BCUT2D eigenvalue weighted by atomic mass is 127. The van der Waals surface area contributed by atoms with Gasteiger partial charge >= 0.3 is 0 Å². The maximum absolute atomic E-state index is 10.9. The Morgan fingerprint density at radius 2 is 1.67 bits per heavy atom. The zero-order valence-electron chi connectivity index (χ0n) is 7.51. The van der Waals surface area contributed by atoms with Crippen LogP contribution in [0.3, 0.4) is 0 Å². The molecule has 3 nitrogen and oxygen atoms in total. The van der Waals surface area contributed by atoms with Gasteiger partial charge in [0, 0.05) is 3.57 Å². The maximum Gasteiger partial charge on any atom is 0.294 e.